The Balaban J connectivity index is 2.88. The van der Waals surface area contributed by atoms with Crippen molar-refractivity contribution in [2.75, 3.05) is 0 Å². The van der Waals surface area contributed by atoms with Crippen LogP contribution < -0.4 is 10.6 Å². The summed E-state index contributed by atoms with van der Waals surface area (Å²) in [5, 5.41) is 5.05. The van der Waals surface area contributed by atoms with Crippen molar-refractivity contribution in [2.24, 2.45) is 0 Å². The maximum Gasteiger partial charge on any atom is 0.408 e. The van der Waals surface area contributed by atoms with E-state index < -0.39 is 58.8 Å². The van der Waals surface area contributed by atoms with Crippen molar-refractivity contribution in [3.63, 3.8) is 0 Å². The minimum Gasteiger partial charge on any atom is -0.460 e. The van der Waals surface area contributed by atoms with Crippen molar-refractivity contribution >= 4 is 29.9 Å². The molecule has 230 valence electrons. The minimum atomic E-state index is -1.19. The second-order valence-electron chi connectivity index (χ2n) is 12.6. The van der Waals surface area contributed by atoms with E-state index in [9.17, 15) is 24.0 Å². The summed E-state index contributed by atoms with van der Waals surface area (Å²) in [5.74, 6) is -2.56. The molecule has 0 unspecified atom stereocenters. The molecule has 0 bridgehead atoms. The van der Waals surface area contributed by atoms with Crippen molar-refractivity contribution in [1.82, 2.24) is 10.6 Å². The van der Waals surface area contributed by atoms with E-state index in [-0.39, 0.29) is 32.3 Å². The van der Waals surface area contributed by atoms with Gasteiger partial charge in [-0.05, 0) is 80.7 Å². The molecule has 0 aliphatic heterocycles. The van der Waals surface area contributed by atoms with Crippen LogP contribution in [0.15, 0.2) is 30.3 Å². The van der Waals surface area contributed by atoms with E-state index >= 15 is 0 Å². The first kappa shape index (κ1) is 35.4. The summed E-state index contributed by atoms with van der Waals surface area (Å²) in [5.41, 5.74) is -1.60. The number of hydrogen-bond acceptors (Lipinski definition) is 9. The van der Waals surface area contributed by atoms with E-state index in [2.05, 4.69) is 10.6 Å². The molecule has 11 nitrogen and oxygen atoms in total. The van der Waals surface area contributed by atoms with E-state index in [1.807, 2.05) is 6.07 Å². The second-order valence-corrected chi connectivity index (χ2v) is 12.6. The molecule has 0 spiro atoms. The number of hydrogen-bond donors (Lipinski definition) is 2. The number of alkyl carbamates (subject to hydrolysis) is 1. The monoisotopic (exact) mass is 578 g/mol. The van der Waals surface area contributed by atoms with Crippen LogP contribution in [0, 0.1) is 0 Å². The summed E-state index contributed by atoms with van der Waals surface area (Å²) < 4.78 is 21.3. The molecule has 0 aliphatic rings. The van der Waals surface area contributed by atoms with Gasteiger partial charge in [0.2, 0.25) is 5.91 Å². The molecule has 1 aromatic carbocycles. The highest BCUT2D eigenvalue weighted by atomic mass is 16.6. The fourth-order valence-corrected chi connectivity index (χ4v) is 3.35. The van der Waals surface area contributed by atoms with E-state index in [1.165, 1.54) is 0 Å². The van der Waals surface area contributed by atoms with E-state index in [4.69, 9.17) is 18.9 Å². The lowest BCUT2D eigenvalue weighted by Crippen LogP contribution is -2.47. The number of amides is 2. The maximum atomic E-state index is 12.9. The summed E-state index contributed by atoms with van der Waals surface area (Å²) in [4.78, 5) is 63.1. The maximum absolute atomic E-state index is 12.9. The smallest absolute Gasteiger partial charge is 0.408 e. The van der Waals surface area contributed by atoms with Crippen LogP contribution in [0.3, 0.4) is 0 Å². The third kappa shape index (κ3) is 16.9. The van der Waals surface area contributed by atoms with Gasteiger partial charge in [-0.3, -0.25) is 9.59 Å². The van der Waals surface area contributed by atoms with Gasteiger partial charge in [0, 0.05) is 12.8 Å². The average molecular weight is 579 g/mol. The molecule has 0 aromatic heterocycles. The lowest BCUT2D eigenvalue weighted by atomic mass is 10.1. The lowest BCUT2D eigenvalue weighted by Gasteiger charge is -2.26. The molecule has 1 rings (SSSR count). The molecule has 0 radical (unpaired) electrons. The van der Waals surface area contributed by atoms with Gasteiger partial charge < -0.3 is 29.6 Å². The summed E-state index contributed by atoms with van der Waals surface area (Å²) in [6, 6.07) is 6.69. The largest absolute Gasteiger partial charge is 0.460 e. The third-order valence-electron chi connectivity index (χ3n) is 4.94. The fourth-order valence-electron chi connectivity index (χ4n) is 3.35. The van der Waals surface area contributed by atoms with Gasteiger partial charge in [-0.2, -0.15) is 0 Å². The van der Waals surface area contributed by atoms with Crippen LogP contribution in [-0.2, 0) is 44.7 Å². The predicted molar refractivity (Wildman–Crippen MR) is 151 cm³/mol. The number of benzene rings is 1. The first-order chi connectivity index (χ1) is 18.7. The Morgan fingerprint density at radius 2 is 1.12 bits per heavy atom. The number of carbonyl (C=O) groups excluding carboxylic acids is 5. The summed E-state index contributed by atoms with van der Waals surface area (Å²) in [7, 11) is 0. The predicted octanol–water partition coefficient (Wildman–Crippen LogP) is 4.35. The molecule has 0 saturated heterocycles. The van der Waals surface area contributed by atoms with Crippen LogP contribution in [0.2, 0.25) is 0 Å². The van der Waals surface area contributed by atoms with Gasteiger partial charge in [-0.1, -0.05) is 30.3 Å². The van der Waals surface area contributed by atoms with Gasteiger partial charge in [0.05, 0.1) is 0 Å². The number of ether oxygens (including phenoxy) is 4. The molecule has 0 saturated carbocycles. The highest BCUT2D eigenvalue weighted by molar-refractivity contribution is 5.86. The zero-order chi connectivity index (χ0) is 31.4. The van der Waals surface area contributed by atoms with E-state index in [0.29, 0.717) is 0 Å². The van der Waals surface area contributed by atoms with Crippen molar-refractivity contribution < 1.29 is 42.9 Å². The Hall–Kier alpha value is -3.63. The number of nitrogens with one attached hydrogen (secondary N) is 2. The van der Waals surface area contributed by atoms with Crippen LogP contribution in [0.1, 0.15) is 93.6 Å². The van der Waals surface area contributed by atoms with Gasteiger partial charge in [-0.15, -0.1) is 0 Å². The van der Waals surface area contributed by atoms with Gasteiger partial charge in [-0.25, -0.2) is 14.4 Å². The Labute approximate surface area is 243 Å². The van der Waals surface area contributed by atoms with E-state index in [1.54, 1.807) is 86.6 Å². The molecule has 0 fully saturated rings. The van der Waals surface area contributed by atoms with Gasteiger partial charge in [0.15, 0.2) is 0 Å². The average Bonchev–Trinajstić information content (AvgIpc) is 2.80. The van der Waals surface area contributed by atoms with E-state index in [0.717, 1.165) is 5.56 Å². The molecule has 2 atom stereocenters. The highest BCUT2D eigenvalue weighted by Gasteiger charge is 2.31. The molecular weight excluding hydrogens is 532 g/mol. The zero-order valence-corrected chi connectivity index (χ0v) is 25.8. The first-order valence-electron chi connectivity index (χ1n) is 13.7. The fraction of sp³-hybridized carbons (Fsp3) is 0.633. The molecule has 0 aliphatic carbocycles. The highest BCUT2D eigenvalue weighted by Crippen LogP contribution is 2.15. The SMILES string of the molecule is CC(C)(C)OC(=O)CC[C@@H](NC(=O)CC[C@@H](NC(=O)OCc1ccccc1)C(=O)OC(C)(C)C)C(=O)OC(C)(C)C. The number of esters is 3. The molecule has 0 heterocycles. The molecule has 11 heteroatoms. The van der Waals surface area contributed by atoms with Gasteiger partial charge in [0.1, 0.15) is 35.5 Å². The molecule has 2 N–H and O–H groups in total. The Bertz CT molecular complexity index is 1030. The second kappa shape index (κ2) is 15.4. The van der Waals surface area contributed by atoms with Crippen LogP contribution in [0.5, 0.6) is 0 Å². The Kier molecular flexibility index (Phi) is 13.3. The van der Waals surface area contributed by atoms with Crippen molar-refractivity contribution in [1.29, 1.82) is 0 Å². The minimum absolute atomic E-state index is 0.0105. The van der Waals surface area contributed by atoms with Crippen molar-refractivity contribution in [3.05, 3.63) is 35.9 Å². The molecule has 41 heavy (non-hydrogen) atoms. The first-order valence-corrected chi connectivity index (χ1v) is 13.7. The van der Waals surface area contributed by atoms with Gasteiger partial charge in [0.25, 0.3) is 0 Å². The Morgan fingerprint density at radius 1 is 0.659 bits per heavy atom. The van der Waals surface area contributed by atoms with Gasteiger partial charge >= 0.3 is 24.0 Å². The molecular formula is C30H46N2O9. The summed E-state index contributed by atoms with van der Waals surface area (Å²) in [6.45, 7) is 15.3. The zero-order valence-electron chi connectivity index (χ0n) is 25.8. The normalized spacial score (nSPS) is 13.3. The number of rotatable bonds is 12. The van der Waals surface area contributed by atoms with Crippen LogP contribution in [-0.4, -0.2) is 58.8 Å². The number of carbonyl (C=O) groups is 5. The van der Waals surface area contributed by atoms with Crippen molar-refractivity contribution in [3.8, 4) is 0 Å². The third-order valence-corrected chi connectivity index (χ3v) is 4.94. The summed E-state index contributed by atoms with van der Waals surface area (Å²) >= 11 is 0. The summed E-state index contributed by atoms with van der Waals surface area (Å²) in [6.07, 6.45) is -1.40. The molecule has 1 aromatic rings. The Morgan fingerprint density at radius 3 is 1.61 bits per heavy atom. The van der Waals surface area contributed by atoms with Crippen molar-refractivity contribution in [2.45, 2.75) is 123 Å². The topological polar surface area (TPSA) is 146 Å². The molecule has 2 amide bonds. The van der Waals surface area contributed by atoms with Crippen LogP contribution in [0.4, 0.5) is 4.79 Å². The van der Waals surface area contributed by atoms with Crippen LogP contribution in [0.25, 0.3) is 0 Å². The lowest BCUT2D eigenvalue weighted by molar-refractivity contribution is -0.161. The quantitative estimate of drug-likeness (QED) is 0.273. The van der Waals surface area contributed by atoms with Crippen LogP contribution >= 0.6 is 0 Å². The standard InChI is InChI=1S/C30H46N2O9/c1-28(2,3)39-24(34)18-16-21(25(35)40-29(4,5)6)31-23(33)17-15-22(26(36)41-30(7,8)9)32-27(37)38-19-20-13-11-10-12-14-20/h10-14,21-22H,15-19H2,1-9H3,(H,31,33)(H,32,37)/t21-,22-/m1/s1.